The van der Waals surface area contributed by atoms with Gasteiger partial charge in [-0.1, -0.05) is 91.0 Å². The number of benzene rings is 4. The Morgan fingerprint density at radius 1 is 0.677 bits per heavy atom. The first-order chi connectivity index (χ1) is 15.2. The molecule has 0 fully saturated rings. The molecule has 0 aliphatic rings. The molecule has 0 bridgehead atoms. The molecule has 0 aromatic heterocycles. The Bertz CT molecular complexity index is 1080. The Hall–Kier alpha value is -3.85. The summed E-state index contributed by atoms with van der Waals surface area (Å²) in [5.41, 5.74) is 5.96. The van der Waals surface area contributed by atoms with Gasteiger partial charge in [-0.15, -0.1) is 0 Å². The standard InChI is InChI=1S/C28H26N2O/c1-29-25-18-16-24(17-19-25)26-14-8-9-15-27(26)28(31)30(20-22-10-4-2-5-11-22)21-23-12-6-3-7-13-23/h2-19,29H,20-21H2,1H3. The first-order valence-corrected chi connectivity index (χ1v) is 10.5. The monoisotopic (exact) mass is 406 g/mol. The molecule has 0 unspecified atom stereocenters. The summed E-state index contributed by atoms with van der Waals surface area (Å²) in [6.45, 7) is 1.11. The van der Waals surface area contributed by atoms with Gasteiger partial charge in [0.15, 0.2) is 0 Å². The minimum atomic E-state index is 0.0287. The van der Waals surface area contributed by atoms with Crippen molar-refractivity contribution in [2.24, 2.45) is 0 Å². The van der Waals surface area contributed by atoms with Crippen LogP contribution in [-0.2, 0) is 13.1 Å². The van der Waals surface area contributed by atoms with Crippen LogP contribution in [0.5, 0.6) is 0 Å². The van der Waals surface area contributed by atoms with E-state index in [0.29, 0.717) is 18.7 Å². The van der Waals surface area contributed by atoms with E-state index in [1.165, 1.54) is 0 Å². The fourth-order valence-electron chi connectivity index (χ4n) is 3.72. The number of hydrogen-bond donors (Lipinski definition) is 1. The van der Waals surface area contributed by atoms with Crippen LogP contribution in [0.2, 0.25) is 0 Å². The molecule has 0 aliphatic heterocycles. The molecule has 0 atom stereocenters. The Kier molecular flexibility index (Phi) is 6.44. The number of carbonyl (C=O) groups excluding carboxylic acids is 1. The number of nitrogens with one attached hydrogen (secondary N) is 1. The maximum atomic E-state index is 13.8. The molecule has 0 radical (unpaired) electrons. The molecule has 0 spiro atoms. The second kappa shape index (κ2) is 9.77. The summed E-state index contributed by atoms with van der Waals surface area (Å²) < 4.78 is 0. The van der Waals surface area contributed by atoms with E-state index in [-0.39, 0.29) is 5.91 Å². The van der Waals surface area contributed by atoms with Gasteiger partial charge in [0, 0.05) is 31.4 Å². The van der Waals surface area contributed by atoms with E-state index in [0.717, 1.165) is 27.9 Å². The second-order valence-electron chi connectivity index (χ2n) is 7.51. The summed E-state index contributed by atoms with van der Waals surface area (Å²) in [6, 6.07) is 36.3. The van der Waals surface area contributed by atoms with Crippen molar-refractivity contribution >= 4 is 11.6 Å². The highest BCUT2D eigenvalue weighted by molar-refractivity contribution is 6.01. The first-order valence-electron chi connectivity index (χ1n) is 10.5. The van der Waals surface area contributed by atoms with Gasteiger partial charge in [0.1, 0.15) is 0 Å². The van der Waals surface area contributed by atoms with Crippen LogP contribution in [0.4, 0.5) is 5.69 Å². The summed E-state index contributed by atoms with van der Waals surface area (Å²) >= 11 is 0. The Balaban J connectivity index is 1.69. The first kappa shape index (κ1) is 20.4. The number of amides is 1. The highest BCUT2D eigenvalue weighted by Crippen LogP contribution is 2.27. The average Bonchev–Trinajstić information content (AvgIpc) is 2.84. The second-order valence-corrected chi connectivity index (χ2v) is 7.51. The summed E-state index contributed by atoms with van der Waals surface area (Å²) in [5.74, 6) is 0.0287. The highest BCUT2D eigenvalue weighted by Gasteiger charge is 2.20. The Morgan fingerprint density at radius 2 is 1.19 bits per heavy atom. The van der Waals surface area contributed by atoms with Crippen LogP contribution in [-0.4, -0.2) is 17.9 Å². The van der Waals surface area contributed by atoms with E-state index < -0.39 is 0 Å². The molecule has 31 heavy (non-hydrogen) atoms. The third-order valence-electron chi connectivity index (χ3n) is 5.36. The lowest BCUT2D eigenvalue weighted by molar-refractivity contribution is 0.0731. The van der Waals surface area contributed by atoms with Crippen molar-refractivity contribution < 1.29 is 4.79 Å². The van der Waals surface area contributed by atoms with Crippen molar-refractivity contribution in [3.8, 4) is 11.1 Å². The highest BCUT2D eigenvalue weighted by atomic mass is 16.2. The van der Waals surface area contributed by atoms with Gasteiger partial charge < -0.3 is 10.2 Å². The van der Waals surface area contributed by atoms with Gasteiger partial charge in [0.2, 0.25) is 0 Å². The molecule has 1 amide bonds. The lowest BCUT2D eigenvalue weighted by Gasteiger charge is -2.24. The van der Waals surface area contributed by atoms with E-state index in [1.807, 2.05) is 84.7 Å². The quantitative estimate of drug-likeness (QED) is 0.394. The zero-order valence-corrected chi connectivity index (χ0v) is 17.7. The van der Waals surface area contributed by atoms with Crippen LogP contribution < -0.4 is 5.32 Å². The maximum absolute atomic E-state index is 13.8. The fourth-order valence-corrected chi connectivity index (χ4v) is 3.72. The van der Waals surface area contributed by atoms with Crippen LogP contribution in [0.3, 0.4) is 0 Å². The molecule has 0 saturated heterocycles. The van der Waals surface area contributed by atoms with E-state index in [1.54, 1.807) is 0 Å². The average molecular weight is 407 g/mol. The van der Waals surface area contributed by atoms with Gasteiger partial charge in [0.25, 0.3) is 5.91 Å². The van der Waals surface area contributed by atoms with Gasteiger partial charge in [-0.25, -0.2) is 0 Å². The van der Waals surface area contributed by atoms with Crippen LogP contribution in [0.15, 0.2) is 109 Å². The molecule has 3 nitrogen and oxygen atoms in total. The molecule has 4 rings (SSSR count). The molecule has 0 saturated carbocycles. The maximum Gasteiger partial charge on any atom is 0.255 e. The van der Waals surface area contributed by atoms with Crippen molar-refractivity contribution in [1.29, 1.82) is 0 Å². The predicted molar refractivity (Wildman–Crippen MR) is 128 cm³/mol. The van der Waals surface area contributed by atoms with Crippen molar-refractivity contribution in [2.45, 2.75) is 13.1 Å². The lowest BCUT2D eigenvalue weighted by atomic mass is 9.98. The van der Waals surface area contributed by atoms with Crippen LogP contribution in [0.1, 0.15) is 21.5 Å². The molecule has 4 aromatic carbocycles. The minimum absolute atomic E-state index is 0.0287. The molecular weight excluding hydrogens is 380 g/mol. The van der Waals surface area contributed by atoms with E-state index in [2.05, 4.69) is 41.7 Å². The van der Waals surface area contributed by atoms with Gasteiger partial charge in [-0.05, 0) is 40.5 Å². The summed E-state index contributed by atoms with van der Waals surface area (Å²) in [5, 5.41) is 3.14. The molecule has 0 heterocycles. The van der Waals surface area contributed by atoms with Gasteiger partial charge >= 0.3 is 0 Å². The SMILES string of the molecule is CNc1ccc(-c2ccccc2C(=O)N(Cc2ccccc2)Cc2ccccc2)cc1. The van der Waals surface area contributed by atoms with Gasteiger partial charge in [0.05, 0.1) is 0 Å². The summed E-state index contributed by atoms with van der Waals surface area (Å²) in [7, 11) is 1.90. The zero-order valence-electron chi connectivity index (χ0n) is 17.7. The largest absolute Gasteiger partial charge is 0.388 e. The van der Waals surface area contributed by atoms with Crippen molar-refractivity contribution in [1.82, 2.24) is 4.90 Å². The van der Waals surface area contributed by atoms with Crippen molar-refractivity contribution in [3.63, 3.8) is 0 Å². The summed E-state index contributed by atoms with van der Waals surface area (Å²) in [6.07, 6.45) is 0. The van der Waals surface area contributed by atoms with E-state index in [9.17, 15) is 4.79 Å². The smallest absolute Gasteiger partial charge is 0.255 e. The summed E-state index contributed by atoms with van der Waals surface area (Å²) in [4.78, 5) is 15.7. The van der Waals surface area contributed by atoms with Crippen LogP contribution in [0.25, 0.3) is 11.1 Å². The number of nitrogens with zero attached hydrogens (tertiary/aromatic N) is 1. The van der Waals surface area contributed by atoms with Crippen LogP contribution >= 0.6 is 0 Å². The van der Waals surface area contributed by atoms with Gasteiger partial charge in [-0.3, -0.25) is 4.79 Å². The fraction of sp³-hybridized carbons (Fsp3) is 0.107. The minimum Gasteiger partial charge on any atom is -0.388 e. The molecule has 4 aromatic rings. The predicted octanol–water partition coefficient (Wildman–Crippen LogP) is 6.24. The molecular formula is C28H26N2O. The number of carbonyl (C=O) groups is 1. The van der Waals surface area contributed by atoms with Crippen molar-refractivity contribution in [2.75, 3.05) is 12.4 Å². The number of anilines is 1. The normalized spacial score (nSPS) is 10.5. The van der Waals surface area contributed by atoms with Crippen LogP contribution in [0, 0.1) is 0 Å². The Morgan fingerprint density at radius 3 is 1.74 bits per heavy atom. The van der Waals surface area contributed by atoms with Crippen molar-refractivity contribution in [3.05, 3.63) is 126 Å². The zero-order chi connectivity index (χ0) is 21.5. The van der Waals surface area contributed by atoms with E-state index in [4.69, 9.17) is 0 Å². The molecule has 1 N–H and O–H groups in total. The number of hydrogen-bond acceptors (Lipinski definition) is 2. The lowest BCUT2D eigenvalue weighted by Crippen LogP contribution is -2.30. The van der Waals surface area contributed by atoms with Gasteiger partial charge in [-0.2, -0.15) is 0 Å². The molecule has 154 valence electrons. The Labute approximate surface area is 184 Å². The molecule has 3 heteroatoms. The third-order valence-corrected chi connectivity index (χ3v) is 5.36. The van der Waals surface area contributed by atoms with E-state index >= 15 is 0 Å². The topological polar surface area (TPSA) is 32.3 Å². The third kappa shape index (κ3) is 5.01. The number of rotatable bonds is 7. The molecule has 0 aliphatic carbocycles.